The van der Waals surface area contributed by atoms with Crippen molar-refractivity contribution >= 4 is 84.2 Å². The molecule has 0 atom stereocenters. The van der Waals surface area contributed by atoms with Crippen LogP contribution in [0.2, 0.25) is 0 Å². The van der Waals surface area contributed by atoms with Crippen molar-refractivity contribution in [2.24, 2.45) is 0 Å². The number of aromatic nitrogens is 3. The molecule has 3 aromatic heterocycles. The SMILES string of the molecule is c1ccc(-c2nc(-c3ccc(-n4c5ccccc5c5c6c(ccc54)sc4ccccc46)cc3)nc3[c]2[Ge]([c]2ccccc2)([c]2ccccc2)[c]2ccccc2-3)cc1. The van der Waals surface area contributed by atoms with Gasteiger partial charge < -0.3 is 0 Å². The first-order chi connectivity index (χ1) is 28.3. The summed E-state index contributed by atoms with van der Waals surface area (Å²) in [6, 6.07) is 73.1. The zero-order valence-electron chi connectivity index (χ0n) is 30.8. The van der Waals surface area contributed by atoms with Crippen molar-refractivity contribution in [2.45, 2.75) is 0 Å². The Labute approximate surface area is 336 Å². The van der Waals surface area contributed by atoms with Crippen LogP contribution in [0.15, 0.2) is 200 Å². The summed E-state index contributed by atoms with van der Waals surface area (Å²) >= 11 is -1.74. The van der Waals surface area contributed by atoms with Gasteiger partial charge in [0, 0.05) is 14.8 Å². The van der Waals surface area contributed by atoms with E-state index in [2.05, 4.69) is 205 Å². The molecule has 1 aliphatic rings. The van der Waals surface area contributed by atoms with Crippen LogP contribution in [-0.2, 0) is 0 Å². The van der Waals surface area contributed by atoms with Crippen LogP contribution < -0.4 is 17.6 Å². The number of rotatable bonds is 5. The zero-order valence-corrected chi connectivity index (χ0v) is 33.7. The standard InChI is InChI=1S/C52H33GeN3S/c1-4-16-34(17-5-1)50-49-51(39-22-10-13-25-42(39)53(49,36-18-6-2-7-19-36)37-20-8-3-9-21-37)55-52(54-50)35-28-30-38(31-29-35)56-43-26-14-11-23-40(43)47-44(56)32-33-46-48(47)41-24-12-15-27-45(41)57-46/h1-33H. The van der Waals surface area contributed by atoms with Crippen molar-refractivity contribution in [1.82, 2.24) is 14.5 Å². The number of hydrogen-bond acceptors (Lipinski definition) is 3. The fourth-order valence-electron chi connectivity index (χ4n) is 9.55. The number of hydrogen-bond donors (Lipinski definition) is 0. The van der Waals surface area contributed by atoms with E-state index in [9.17, 15) is 0 Å². The summed E-state index contributed by atoms with van der Waals surface area (Å²) in [7, 11) is 0. The second-order valence-corrected chi connectivity index (χ2v) is 23.7. The number of benzene rings is 8. The molecule has 0 saturated heterocycles. The van der Waals surface area contributed by atoms with Crippen molar-refractivity contribution in [3.8, 4) is 39.6 Å². The van der Waals surface area contributed by atoms with Crippen molar-refractivity contribution in [2.75, 3.05) is 0 Å². The van der Waals surface area contributed by atoms with Gasteiger partial charge in [0.2, 0.25) is 0 Å². The van der Waals surface area contributed by atoms with Crippen LogP contribution >= 0.6 is 11.3 Å². The summed E-state index contributed by atoms with van der Waals surface area (Å²) in [4.78, 5) is 11.2. The number of nitrogens with zero attached hydrogens (tertiary/aromatic N) is 3. The molecule has 1 aliphatic heterocycles. The molecule has 0 unspecified atom stereocenters. The number of thiophene rings is 1. The third kappa shape index (κ3) is 4.72. The maximum atomic E-state index is 5.59. The minimum atomic E-state index is -3.61. The van der Waals surface area contributed by atoms with Crippen LogP contribution in [0, 0.1) is 0 Å². The van der Waals surface area contributed by atoms with Crippen molar-refractivity contribution in [3.05, 3.63) is 200 Å². The Morgan fingerprint density at radius 2 is 1.04 bits per heavy atom. The quantitative estimate of drug-likeness (QED) is 0.162. The van der Waals surface area contributed by atoms with E-state index in [1.807, 2.05) is 11.3 Å². The molecule has 0 spiro atoms. The maximum absolute atomic E-state index is 5.59. The molecule has 0 fully saturated rings. The van der Waals surface area contributed by atoms with E-state index in [1.165, 1.54) is 65.1 Å². The Bertz CT molecular complexity index is 3300. The third-order valence-electron chi connectivity index (χ3n) is 11.9. The molecule has 0 saturated carbocycles. The van der Waals surface area contributed by atoms with E-state index < -0.39 is 13.3 Å². The molecule has 0 radical (unpaired) electrons. The summed E-state index contributed by atoms with van der Waals surface area (Å²) in [6.07, 6.45) is 0. The minimum absolute atomic E-state index is 0.738. The van der Waals surface area contributed by atoms with Gasteiger partial charge in [0.05, 0.1) is 0 Å². The molecule has 0 amide bonds. The van der Waals surface area contributed by atoms with Gasteiger partial charge in [-0.2, -0.15) is 0 Å². The van der Waals surface area contributed by atoms with Gasteiger partial charge in [0.15, 0.2) is 0 Å². The first-order valence-electron chi connectivity index (χ1n) is 19.4. The summed E-state index contributed by atoms with van der Waals surface area (Å²) < 4.78 is 10.5. The molecule has 57 heavy (non-hydrogen) atoms. The van der Waals surface area contributed by atoms with E-state index in [0.717, 1.165) is 34.0 Å². The predicted octanol–water partition coefficient (Wildman–Crippen LogP) is 10.6. The molecule has 266 valence electrons. The molecule has 4 heterocycles. The molecule has 8 aromatic carbocycles. The Balaban J connectivity index is 1.09. The molecule has 12 rings (SSSR count). The molecule has 3 nitrogen and oxygen atoms in total. The molecule has 0 bridgehead atoms. The van der Waals surface area contributed by atoms with Crippen molar-refractivity contribution in [1.29, 1.82) is 0 Å². The van der Waals surface area contributed by atoms with Gasteiger partial charge in [0.25, 0.3) is 0 Å². The Morgan fingerprint density at radius 1 is 0.421 bits per heavy atom. The van der Waals surface area contributed by atoms with Crippen molar-refractivity contribution < 1.29 is 0 Å². The predicted molar refractivity (Wildman–Crippen MR) is 243 cm³/mol. The number of fused-ring (bicyclic) bond motifs is 10. The van der Waals surface area contributed by atoms with Gasteiger partial charge in [-0.1, -0.05) is 24.3 Å². The fraction of sp³-hybridized carbons (Fsp3) is 0. The van der Waals surface area contributed by atoms with Gasteiger partial charge >= 0.3 is 282 Å². The molecule has 0 aliphatic carbocycles. The molecule has 5 heteroatoms. The molecule has 11 aromatic rings. The van der Waals surface area contributed by atoms with Gasteiger partial charge in [-0.05, 0) is 6.07 Å². The van der Waals surface area contributed by atoms with Crippen molar-refractivity contribution in [3.63, 3.8) is 0 Å². The van der Waals surface area contributed by atoms with Crippen LogP contribution in [0.1, 0.15) is 0 Å². The van der Waals surface area contributed by atoms with Gasteiger partial charge in [-0.15, -0.1) is 11.3 Å². The van der Waals surface area contributed by atoms with E-state index in [0.29, 0.717) is 0 Å². The Kier molecular flexibility index (Phi) is 7.28. The monoisotopic (exact) mass is 805 g/mol. The van der Waals surface area contributed by atoms with E-state index in [4.69, 9.17) is 9.97 Å². The topological polar surface area (TPSA) is 30.7 Å². The third-order valence-corrected chi connectivity index (χ3v) is 23.2. The van der Waals surface area contributed by atoms with Crippen LogP contribution in [0.25, 0.3) is 81.6 Å². The van der Waals surface area contributed by atoms with Crippen LogP contribution in [0.4, 0.5) is 0 Å². The second kappa shape index (κ2) is 12.7. The summed E-state index contributed by atoms with van der Waals surface area (Å²) in [5, 5.41) is 5.24. The zero-order chi connectivity index (χ0) is 37.5. The van der Waals surface area contributed by atoms with Crippen LogP contribution in [-0.4, -0.2) is 27.8 Å². The van der Waals surface area contributed by atoms with Crippen LogP contribution in [0.5, 0.6) is 0 Å². The fourth-order valence-corrected chi connectivity index (χ4v) is 21.7. The Hall–Kier alpha value is -6.60. The molecular weight excluding hydrogens is 771 g/mol. The summed E-state index contributed by atoms with van der Waals surface area (Å²) in [6.45, 7) is 0. The molecular formula is C52H33GeN3S. The van der Waals surface area contributed by atoms with E-state index in [1.54, 1.807) is 0 Å². The number of para-hydroxylation sites is 1. The average Bonchev–Trinajstić information content (AvgIpc) is 3.93. The average molecular weight is 805 g/mol. The Morgan fingerprint density at radius 3 is 1.79 bits per heavy atom. The summed E-state index contributed by atoms with van der Waals surface area (Å²) in [5.74, 6) is 0.738. The van der Waals surface area contributed by atoms with Gasteiger partial charge in [-0.3, -0.25) is 0 Å². The first-order valence-corrected chi connectivity index (χ1v) is 24.4. The van der Waals surface area contributed by atoms with E-state index >= 15 is 0 Å². The first kappa shape index (κ1) is 32.6. The summed E-state index contributed by atoms with van der Waals surface area (Å²) in [5.41, 5.74) is 8.93. The van der Waals surface area contributed by atoms with E-state index in [-0.39, 0.29) is 0 Å². The second-order valence-electron chi connectivity index (χ2n) is 14.8. The van der Waals surface area contributed by atoms with Gasteiger partial charge in [0.1, 0.15) is 0 Å². The normalized spacial score (nSPS) is 13.1. The van der Waals surface area contributed by atoms with Crippen LogP contribution in [0.3, 0.4) is 0 Å². The molecule has 0 N–H and O–H groups in total. The van der Waals surface area contributed by atoms with Gasteiger partial charge in [-0.25, -0.2) is 0 Å².